The Balaban J connectivity index is 1.95. The van der Waals surface area contributed by atoms with Crippen molar-refractivity contribution in [2.45, 2.75) is 57.9 Å². The molecule has 2 rings (SSSR count). The van der Waals surface area contributed by atoms with E-state index in [-0.39, 0.29) is 0 Å². The number of carbonyl (C=O) groups is 1. The van der Waals surface area contributed by atoms with Gasteiger partial charge in [-0.05, 0) is 38.5 Å². The molecule has 2 fully saturated rings. The second-order valence-electron chi connectivity index (χ2n) is 4.72. The first-order valence-corrected chi connectivity index (χ1v) is 6.13. The highest BCUT2D eigenvalue weighted by atomic mass is 16.2. The van der Waals surface area contributed by atoms with Crippen LogP contribution in [0.2, 0.25) is 0 Å². The molecule has 1 aliphatic carbocycles. The highest BCUT2D eigenvalue weighted by Gasteiger charge is 2.33. The maximum atomic E-state index is 12.1. The van der Waals surface area contributed by atoms with Crippen LogP contribution in [0.4, 0.5) is 0 Å². The molecule has 2 nitrogen and oxygen atoms in total. The van der Waals surface area contributed by atoms with Crippen LogP contribution in [-0.4, -0.2) is 23.4 Å². The number of likely N-dealkylation sites (tertiary alicyclic amines) is 1. The number of rotatable bonds is 2. The number of carbonyl (C=O) groups excluding carboxylic acids is 1. The van der Waals surface area contributed by atoms with Crippen molar-refractivity contribution in [1.29, 1.82) is 0 Å². The molecule has 1 heterocycles. The topological polar surface area (TPSA) is 20.3 Å². The zero-order valence-electron chi connectivity index (χ0n) is 9.17. The summed E-state index contributed by atoms with van der Waals surface area (Å²) in [4.78, 5) is 14.2. The Morgan fingerprint density at radius 3 is 2.57 bits per heavy atom. The molecule has 0 bridgehead atoms. The van der Waals surface area contributed by atoms with Crippen LogP contribution in [0.15, 0.2) is 0 Å². The predicted octanol–water partition coefficient (Wildman–Crippen LogP) is 2.58. The third kappa shape index (κ3) is 1.79. The Morgan fingerprint density at radius 2 is 2.00 bits per heavy atom. The first kappa shape index (κ1) is 10.0. The Kier molecular flexibility index (Phi) is 3.09. The van der Waals surface area contributed by atoms with Gasteiger partial charge in [0.15, 0.2) is 0 Å². The van der Waals surface area contributed by atoms with E-state index in [1.807, 2.05) is 0 Å². The number of piperidine rings is 1. The van der Waals surface area contributed by atoms with Crippen molar-refractivity contribution in [3.8, 4) is 0 Å². The summed E-state index contributed by atoms with van der Waals surface area (Å²) in [5.41, 5.74) is 0. The molecule has 0 aromatic rings. The smallest absolute Gasteiger partial charge is 0.225 e. The summed E-state index contributed by atoms with van der Waals surface area (Å²) in [6.07, 6.45) is 8.45. The molecule has 14 heavy (non-hydrogen) atoms. The van der Waals surface area contributed by atoms with Crippen LogP contribution >= 0.6 is 0 Å². The lowest BCUT2D eigenvalue weighted by atomic mass is 9.83. The molecule has 80 valence electrons. The first-order valence-electron chi connectivity index (χ1n) is 6.13. The fourth-order valence-electron chi connectivity index (χ4n) is 2.60. The summed E-state index contributed by atoms with van der Waals surface area (Å²) < 4.78 is 0. The van der Waals surface area contributed by atoms with Crippen LogP contribution in [0.25, 0.3) is 0 Å². The van der Waals surface area contributed by atoms with Gasteiger partial charge < -0.3 is 4.90 Å². The van der Waals surface area contributed by atoms with Crippen molar-refractivity contribution in [1.82, 2.24) is 4.90 Å². The largest absolute Gasteiger partial charge is 0.339 e. The zero-order chi connectivity index (χ0) is 9.97. The van der Waals surface area contributed by atoms with E-state index in [1.165, 1.54) is 25.7 Å². The molecule has 0 aromatic carbocycles. The maximum Gasteiger partial charge on any atom is 0.225 e. The van der Waals surface area contributed by atoms with Crippen molar-refractivity contribution in [3.63, 3.8) is 0 Å². The minimum Gasteiger partial charge on any atom is -0.339 e. The van der Waals surface area contributed by atoms with Crippen LogP contribution < -0.4 is 0 Å². The van der Waals surface area contributed by atoms with Gasteiger partial charge in [-0.1, -0.05) is 13.3 Å². The van der Waals surface area contributed by atoms with Gasteiger partial charge in [0.05, 0.1) is 0 Å². The molecule has 0 aromatic heterocycles. The summed E-state index contributed by atoms with van der Waals surface area (Å²) in [5, 5.41) is 0. The summed E-state index contributed by atoms with van der Waals surface area (Å²) in [6, 6.07) is 0.553. The highest BCUT2D eigenvalue weighted by molar-refractivity contribution is 5.80. The van der Waals surface area contributed by atoms with Gasteiger partial charge in [0, 0.05) is 18.5 Å². The lowest BCUT2D eigenvalue weighted by Crippen LogP contribution is -2.47. The third-order valence-corrected chi connectivity index (χ3v) is 3.84. The SMILES string of the molecule is CC[C@@H]1CCCCN1C(=O)C1CCC1. The van der Waals surface area contributed by atoms with E-state index in [0.29, 0.717) is 17.9 Å². The first-order chi connectivity index (χ1) is 6.83. The molecule has 1 atom stereocenters. The van der Waals surface area contributed by atoms with E-state index in [1.54, 1.807) is 0 Å². The van der Waals surface area contributed by atoms with Gasteiger partial charge in [-0.3, -0.25) is 4.79 Å². The number of hydrogen-bond donors (Lipinski definition) is 0. The molecular formula is C12H21NO. The van der Waals surface area contributed by atoms with Crippen LogP contribution in [0.1, 0.15) is 51.9 Å². The lowest BCUT2D eigenvalue weighted by molar-refractivity contribution is -0.142. The van der Waals surface area contributed by atoms with Crippen molar-refractivity contribution >= 4 is 5.91 Å². The Bertz CT molecular complexity index is 210. The molecule has 1 saturated heterocycles. The molecule has 0 N–H and O–H groups in total. The van der Waals surface area contributed by atoms with Gasteiger partial charge in [-0.2, -0.15) is 0 Å². The van der Waals surface area contributed by atoms with Crippen LogP contribution in [-0.2, 0) is 4.79 Å². The second-order valence-corrected chi connectivity index (χ2v) is 4.72. The predicted molar refractivity (Wildman–Crippen MR) is 57.0 cm³/mol. The van der Waals surface area contributed by atoms with Crippen molar-refractivity contribution in [2.75, 3.05) is 6.54 Å². The van der Waals surface area contributed by atoms with E-state index in [2.05, 4.69) is 11.8 Å². The zero-order valence-corrected chi connectivity index (χ0v) is 9.17. The second kappa shape index (κ2) is 4.33. The van der Waals surface area contributed by atoms with Crippen molar-refractivity contribution < 1.29 is 4.79 Å². The average molecular weight is 195 g/mol. The highest BCUT2D eigenvalue weighted by Crippen LogP contribution is 2.31. The average Bonchev–Trinajstić information content (AvgIpc) is 2.15. The Morgan fingerprint density at radius 1 is 1.21 bits per heavy atom. The van der Waals surface area contributed by atoms with Gasteiger partial charge in [-0.25, -0.2) is 0 Å². The van der Waals surface area contributed by atoms with E-state index in [9.17, 15) is 4.79 Å². The van der Waals surface area contributed by atoms with Crippen molar-refractivity contribution in [3.05, 3.63) is 0 Å². The van der Waals surface area contributed by atoms with E-state index in [4.69, 9.17) is 0 Å². The van der Waals surface area contributed by atoms with Crippen molar-refractivity contribution in [2.24, 2.45) is 5.92 Å². The summed E-state index contributed by atoms with van der Waals surface area (Å²) in [7, 11) is 0. The minimum absolute atomic E-state index is 0.391. The molecular weight excluding hydrogens is 174 g/mol. The molecule has 0 radical (unpaired) electrons. The number of nitrogens with zero attached hydrogens (tertiary/aromatic N) is 1. The van der Waals surface area contributed by atoms with Gasteiger partial charge in [0.1, 0.15) is 0 Å². The number of hydrogen-bond acceptors (Lipinski definition) is 1. The van der Waals surface area contributed by atoms with Crippen LogP contribution in [0.5, 0.6) is 0 Å². The number of amides is 1. The fourth-order valence-corrected chi connectivity index (χ4v) is 2.60. The minimum atomic E-state index is 0.391. The molecule has 1 amide bonds. The Labute approximate surface area is 86.7 Å². The molecule has 2 heteroatoms. The molecule has 1 saturated carbocycles. The molecule has 0 spiro atoms. The van der Waals surface area contributed by atoms with E-state index >= 15 is 0 Å². The Hall–Kier alpha value is -0.530. The normalized spacial score (nSPS) is 28.6. The summed E-state index contributed by atoms with van der Waals surface area (Å²) in [5.74, 6) is 0.852. The van der Waals surface area contributed by atoms with Crippen LogP contribution in [0, 0.1) is 5.92 Å². The lowest BCUT2D eigenvalue weighted by Gasteiger charge is -2.39. The summed E-state index contributed by atoms with van der Waals surface area (Å²) >= 11 is 0. The van der Waals surface area contributed by atoms with Gasteiger partial charge in [0.2, 0.25) is 5.91 Å². The van der Waals surface area contributed by atoms with Gasteiger partial charge in [0.25, 0.3) is 0 Å². The van der Waals surface area contributed by atoms with Crippen LogP contribution in [0.3, 0.4) is 0 Å². The van der Waals surface area contributed by atoms with Gasteiger partial charge >= 0.3 is 0 Å². The summed E-state index contributed by atoms with van der Waals surface area (Å²) in [6.45, 7) is 3.23. The molecule has 2 aliphatic rings. The standard InChI is InChI=1S/C12H21NO/c1-2-11-8-3-4-9-13(11)12(14)10-6-5-7-10/h10-11H,2-9H2,1H3/t11-/m1/s1. The molecule has 1 aliphatic heterocycles. The van der Waals surface area contributed by atoms with E-state index < -0.39 is 0 Å². The van der Waals surface area contributed by atoms with Gasteiger partial charge in [-0.15, -0.1) is 0 Å². The monoisotopic (exact) mass is 195 g/mol. The van der Waals surface area contributed by atoms with E-state index in [0.717, 1.165) is 25.8 Å². The third-order valence-electron chi connectivity index (χ3n) is 3.84. The fraction of sp³-hybridized carbons (Fsp3) is 0.917. The maximum absolute atomic E-state index is 12.1. The molecule has 0 unspecified atom stereocenters. The quantitative estimate of drug-likeness (QED) is 0.663.